The number of amides is 2. The summed E-state index contributed by atoms with van der Waals surface area (Å²) in [7, 11) is 3.34. The number of hydrogen-bond donors (Lipinski definition) is 1. The van der Waals surface area contributed by atoms with Crippen LogP contribution in [0.15, 0.2) is 42.5 Å². The fourth-order valence-corrected chi connectivity index (χ4v) is 2.35. The van der Waals surface area contributed by atoms with Gasteiger partial charge >= 0.3 is 0 Å². The second kappa shape index (κ2) is 6.81. The topological polar surface area (TPSA) is 49.4 Å². The number of hydrogen-bond acceptors (Lipinski definition) is 2. The lowest BCUT2D eigenvalue weighted by Gasteiger charge is -2.12. The third-order valence-corrected chi connectivity index (χ3v) is 3.50. The van der Waals surface area contributed by atoms with Gasteiger partial charge in [0.1, 0.15) is 0 Å². The van der Waals surface area contributed by atoms with Gasteiger partial charge < -0.3 is 10.2 Å². The van der Waals surface area contributed by atoms with Crippen LogP contribution in [0.3, 0.4) is 0 Å². The minimum absolute atomic E-state index is 0.138. The van der Waals surface area contributed by atoms with Gasteiger partial charge in [0.15, 0.2) is 0 Å². The number of carbonyl (C=O) groups is 2. The molecule has 0 aliphatic carbocycles. The molecule has 0 saturated carbocycles. The fourth-order valence-electron chi connectivity index (χ4n) is 1.86. The van der Waals surface area contributed by atoms with Gasteiger partial charge in [-0.25, -0.2) is 0 Å². The molecule has 0 bridgehead atoms. The summed E-state index contributed by atoms with van der Waals surface area (Å²) >= 11 is 11.8. The van der Waals surface area contributed by atoms with E-state index >= 15 is 0 Å². The Balaban J connectivity index is 2.22. The van der Waals surface area contributed by atoms with Crippen LogP contribution in [0.4, 0.5) is 5.69 Å². The number of halogens is 2. The van der Waals surface area contributed by atoms with Crippen LogP contribution in [-0.2, 0) is 0 Å². The SMILES string of the molecule is CN(C)C(=O)c1cccc(NC(=O)c2ccc(Cl)cc2Cl)c1. The molecule has 0 aliphatic heterocycles. The van der Waals surface area contributed by atoms with Crippen molar-refractivity contribution in [3.8, 4) is 0 Å². The Labute approximate surface area is 138 Å². The second-order valence-electron chi connectivity index (χ2n) is 4.86. The van der Waals surface area contributed by atoms with E-state index in [-0.39, 0.29) is 16.8 Å². The highest BCUT2D eigenvalue weighted by Crippen LogP contribution is 2.22. The highest BCUT2D eigenvalue weighted by Gasteiger charge is 2.13. The van der Waals surface area contributed by atoms with Gasteiger partial charge in [-0.2, -0.15) is 0 Å². The van der Waals surface area contributed by atoms with Gasteiger partial charge in [0.05, 0.1) is 10.6 Å². The zero-order chi connectivity index (χ0) is 16.3. The first-order valence-corrected chi connectivity index (χ1v) is 7.22. The summed E-state index contributed by atoms with van der Waals surface area (Å²) < 4.78 is 0. The van der Waals surface area contributed by atoms with Crippen molar-refractivity contribution >= 4 is 40.7 Å². The molecular formula is C16H14Cl2N2O2. The van der Waals surface area contributed by atoms with Crippen LogP contribution in [0.2, 0.25) is 10.0 Å². The molecule has 114 valence electrons. The first-order valence-electron chi connectivity index (χ1n) is 6.46. The molecule has 0 aromatic heterocycles. The normalized spacial score (nSPS) is 10.2. The Bertz CT molecular complexity index is 730. The molecule has 0 heterocycles. The quantitative estimate of drug-likeness (QED) is 0.922. The van der Waals surface area contributed by atoms with Gasteiger partial charge in [-0.3, -0.25) is 9.59 Å². The monoisotopic (exact) mass is 336 g/mol. The van der Waals surface area contributed by atoms with E-state index in [1.165, 1.54) is 11.0 Å². The molecule has 22 heavy (non-hydrogen) atoms. The molecular weight excluding hydrogens is 323 g/mol. The Morgan fingerprint density at radius 1 is 1.05 bits per heavy atom. The fraction of sp³-hybridized carbons (Fsp3) is 0.125. The van der Waals surface area contributed by atoms with Crippen molar-refractivity contribution in [1.29, 1.82) is 0 Å². The lowest BCUT2D eigenvalue weighted by atomic mass is 10.1. The second-order valence-corrected chi connectivity index (χ2v) is 5.70. The number of carbonyl (C=O) groups excluding carboxylic acids is 2. The van der Waals surface area contributed by atoms with Crippen LogP contribution >= 0.6 is 23.2 Å². The lowest BCUT2D eigenvalue weighted by Crippen LogP contribution is -2.22. The largest absolute Gasteiger partial charge is 0.345 e. The maximum Gasteiger partial charge on any atom is 0.257 e. The van der Waals surface area contributed by atoms with E-state index in [1.54, 1.807) is 50.5 Å². The number of anilines is 1. The van der Waals surface area contributed by atoms with Gasteiger partial charge in [-0.05, 0) is 36.4 Å². The predicted octanol–water partition coefficient (Wildman–Crippen LogP) is 3.95. The summed E-state index contributed by atoms with van der Waals surface area (Å²) in [6, 6.07) is 11.4. The van der Waals surface area contributed by atoms with Crippen LogP contribution in [-0.4, -0.2) is 30.8 Å². The molecule has 6 heteroatoms. The molecule has 0 fully saturated rings. The van der Waals surface area contributed by atoms with Crippen LogP contribution in [0.5, 0.6) is 0 Å². The van der Waals surface area contributed by atoms with Crippen LogP contribution in [0.1, 0.15) is 20.7 Å². The maximum absolute atomic E-state index is 12.2. The van der Waals surface area contributed by atoms with Crippen LogP contribution in [0, 0.1) is 0 Å². The van der Waals surface area contributed by atoms with Crippen molar-refractivity contribution in [2.75, 3.05) is 19.4 Å². The molecule has 0 unspecified atom stereocenters. The molecule has 2 aromatic carbocycles. The van der Waals surface area contributed by atoms with Crippen LogP contribution in [0.25, 0.3) is 0 Å². The van der Waals surface area contributed by atoms with Gasteiger partial charge in [0, 0.05) is 30.4 Å². The first kappa shape index (κ1) is 16.3. The molecule has 0 atom stereocenters. The van der Waals surface area contributed by atoms with E-state index in [0.29, 0.717) is 21.8 Å². The summed E-state index contributed by atoms with van der Waals surface area (Å²) in [6.07, 6.45) is 0. The first-order chi connectivity index (χ1) is 10.4. The van der Waals surface area contributed by atoms with Gasteiger partial charge in [0.25, 0.3) is 11.8 Å². The van der Waals surface area contributed by atoms with E-state index in [0.717, 1.165) is 0 Å². The van der Waals surface area contributed by atoms with E-state index < -0.39 is 0 Å². The van der Waals surface area contributed by atoms with Crippen molar-refractivity contribution in [2.24, 2.45) is 0 Å². The van der Waals surface area contributed by atoms with Gasteiger partial charge in [-0.15, -0.1) is 0 Å². The Kier molecular flexibility index (Phi) is 5.06. The Morgan fingerprint density at radius 2 is 1.77 bits per heavy atom. The van der Waals surface area contributed by atoms with Crippen molar-refractivity contribution in [1.82, 2.24) is 4.90 Å². The molecule has 0 radical (unpaired) electrons. The standard InChI is InChI=1S/C16H14Cl2N2O2/c1-20(2)16(22)10-4-3-5-12(8-10)19-15(21)13-7-6-11(17)9-14(13)18/h3-9H,1-2H3,(H,19,21). The zero-order valence-electron chi connectivity index (χ0n) is 12.1. The average molecular weight is 337 g/mol. The molecule has 2 aromatic rings. The molecule has 2 rings (SSSR count). The molecule has 4 nitrogen and oxygen atoms in total. The average Bonchev–Trinajstić information content (AvgIpc) is 2.46. The zero-order valence-corrected chi connectivity index (χ0v) is 13.6. The van der Waals surface area contributed by atoms with E-state index in [1.807, 2.05) is 0 Å². The maximum atomic E-state index is 12.2. The summed E-state index contributed by atoms with van der Waals surface area (Å²) in [5.74, 6) is -0.503. The minimum Gasteiger partial charge on any atom is -0.345 e. The smallest absolute Gasteiger partial charge is 0.257 e. The minimum atomic E-state index is -0.365. The number of rotatable bonds is 3. The number of nitrogens with zero attached hydrogens (tertiary/aromatic N) is 1. The Morgan fingerprint density at radius 3 is 2.41 bits per heavy atom. The van der Waals surface area contributed by atoms with E-state index in [9.17, 15) is 9.59 Å². The van der Waals surface area contributed by atoms with Gasteiger partial charge in [0.2, 0.25) is 0 Å². The third kappa shape index (κ3) is 3.78. The molecule has 0 spiro atoms. The highest BCUT2D eigenvalue weighted by molar-refractivity contribution is 6.37. The van der Waals surface area contributed by atoms with Gasteiger partial charge in [-0.1, -0.05) is 29.3 Å². The van der Waals surface area contributed by atoms with Crippen molar-refractivity contribution in [3.05, 3.63) is 63.6 Å². The highest BCUT2D eigenvalue weighted by atomic mass is 35.5. The molecule has 1 N–H and O–H groups in total. The number of benzene rings is 2. The molecule has 2 amide bonds. The Hall–Kier alpha value is -2.04. The third-order valence-electron chi connectivity index (χ3n) is 2.95. The summed E-state index contributed by atoms with van der Waals surface area (Å²) in [5, 5.41) is 3.44. The summed E-state index contributed by atoms with van der Waals surface area (Å²) in [5.41, 5.74) is 1.32. The number of nitrogens with one attached hydrogen (secondary N) is 1. The van der Waals surface area contributed by atoms with E-state index in [4.69, 9.17) is 23.2 Å². The van der Waals surface area contributed by atoms with Crippen LogP contribution < -0.4 is 5.32 Å². The van der Waals surface area contributed by atoms with Crippen molar-refractivity contribution in [3.63, 3.8) is 0 Å². The summed E-state index contributed by atoms with van der Waals surface area (Å²) in [6.45, 7) is 0. The predicted molar refractivity (Wildman–Crippen MR) is 88.9 cm³/mol. The van der Waals surface area contributed by atoms with Crippen molar-refractivity contribution in [2.45, 2.75) is 0 Å². The lowest BCUT2D eigenvalue weighted by molar-refractivity contribution is 0.0827. The molecule has 0 saturated heterocycles. The van der Waals surface area contributed by atoms with Crippen molar-refractivity contribution < 1.29 is 9.59 Å². The molecule has 0 aliphatic rings. The van der Waals surface area contributed by atoms with E-state index in [2.05, 4.69) is 5.32 Å². The summed E-state index contributed by atoms with van der Waals surface area (Å²) in [4.78, 5) is 25.6.